The Balaban J connectivity index is 1.38. The third-order valence-electron chi connectivity index (χ3n) is 14.8. The molecule has 0 unspecified atom stereocenters. The van der Waals surface area contributed by atoms with Gasteiger partial charge in [0.25, 0.3) is 5.91 Å². The zero-order valence-electron chi connectivity index (χ0n) is 41.3. The monoisotopic (exact) mass is 1030 g/mol. The molecular weight excluding hydrogens is 978 g/mol. The van der Waals surface area contributed by atoms with E-state index in [2.05, 4.69) is 5.32 Å². The third-order valence-corrected chi connectivity index (χ3v) is 14.8. The number of esters is 5. The first kappa shape index (κ1) is 54.8. The number of carbonyl (C=O) groups is 8. The summed E-state index contributed by atoms with van der Waals surface area (Å²) in [5.74, 6) is -11.0. The second kappa shape index (κ2) is 21.1. The fourth-order valence-electron chi connectivity index (χ4n) is 11.0. The van der Waals surface area contributed by atoms with E-state index in [1.54, 1.807) is 59.9 Å². The van der Waals surface area contributed by atoms with Gasteiger partial charge in [-0.15, -0.1) is 0 Å². The molecule has 18 nitrogen and oxygen atoms in total. The molecule has 2 bridgehead atoms. The van der Waals surface area contributed by atoms with Crippen molar-refractivity contribution in [1.82, 2.24) is 10.6 Å². The van der Waals surface area contributed by atoms with Crippen molar-refractivity contribution in [3.63, 3.8) is 0 Å². The third kappa shape index (κ3) is 10.3. The van der Waals surface area contributed by atoms with Crippen molar-refractivity contribution in [2.24, 2.45) is 16.7 Å². The van der Waals surface area contributed by atoms with Crippen LogP contribution in [0.25, 0.3) is 0 Å². The van der Waals surface area contributed by atoms with E-state index in [1.807, 2.05) is 0 Å². The first-order valence-electron chi connectivity index (χ1n) is 23.8. The van der Waals surface area contributed by atoms with Gasteiger partial charge < -0.3 is 49.3 Å². The van der Waals surface area contributed by atoms with Crippen molar-refractivity contribution < 1.29 is 90.2 Å². The number of aliphatic hydroxyl groups is 2. The second-order valence-electron chi connectivity index (χ2n) is 19.7. The molecule has 21 heteroatoms. The molecule has 74 heavy (non-hydrogen) atoms. The Morgan fingerprint density at radius 1 is 0.838 bits per heavy atom. The molecule has 3 aliphatic carbocycles. The Bertz CT molecular complexity index is 2700. The van der Waals surface area contributed by atoms with Gasteiger partial charge in [-0.1, -0.05) is 80.6 Å². The van der Waals surface area contributed by atoms with Crippen molar-refractivity contribution in [3.05, 3.63) is 119 Å². The largest absolute Gasteiger partial charge is 0.471 e. The van der Waals surface area contributed by atoms with Gasteiger partial charge in [0.15, 0.2) is 17.5 Å². The van der Waals surface area contributed by atoms with Gasteiger partial charge in [-0.25, -0.2) is 9.59 Å². The molecule has 3 aromatic rings. The van der Waals surface area contributed by atoms with Crippen LogP contribution in [0.15, 0.2) is 102 Å². The van der Waals surface area contributed by atoms with E-state index in [9.17, 15) is 52.2 Å². The number of rotatable bonds is 15. The van der Waals surface area contributed by atoms with E-state index < -0.39 is 157 Å². The van der Waals surface area contributed by atoms with Crippen LogP contribution < -0.4 is 10.6 Å². The lowest BCUT2D eigenvalue weighted by Crippen LogP contribution is -2.82. The first-order chi connectivity index (χ1) is 34.8. The minimum atomic E-state index is -5.20. The molecule has 0 radical (unpaired) electrons. The predicted octanol–water partition coefficient (Wildman–Crippen LogP) is 4.75. The van der Waals surface area contributed by atoms with E-state index in [-0.39, 0.29) is 34.3 Å². The van der Waals surface area contributed by atoms with Crippen LogP contribution in [0.5, 0.6) is 0 Å². The molecule has 4 aliphatic rings. The van der Waals surface area contributed by atoms with Crippen LogP contribution in [0.2, 0.25) is 0 Å². The number of amides is 2. The summed E-state index contributed by atoms with van der Waals surface area (Å²) < 4.78 is 75.1. The van der Waals surface area contributed by atoms with Crippen LogP contribution in [0.1, 0.15) is 99.5 Å². The number of hydrogen-bond acceptors (Lipinski definition) is 16. The van der Waals surface area contributed by atoms with Gasteiger partial charge in [-0.3, -0.25) is 28.8 Å². The number of benzene rings is 3. The number of Topliss-reactive ketones (excluding diaryl/α,β-unsaturated/α-hetero) is 1. The van der Waals surface area contributed by atoms with E-state index in [0.717, 1.165) is 13.8 Å². The minimum absolute atomic E-state index is 0.0104. The van der Waals surface area contributed by atoms with Gasteiger partial charge in [-0.2, -0.15) is 13.2 Å². The summed E-state index contributed by atoms with van der Waals surface area (Å²) in [5, 5.41) is 30.4. The highest BCUT2D eigenvalue weighted by atomic mass is 19.4. The van der Waals surface area contributed by atoms with Gasteiger partial charge in [0.05, 0.1) is 29.6 Å². The molecule has 1 aliphatic heterocycles. The summed E-state index contributed by atoms with van der Waals surface area (Å²) in [4.78, 5) is 111. The average molecular weight is 1040 g/mol. The quantitative estimate of drug-likeness (QED) is 0.0694. The van der Waals surface area contributed by atoms with Crippen LogP contribution in [0.3, 0.4) is 0 Å². The predicted molar refractivity (Wildman–Crippen MR) is 250 cm³/mol. The maximum atomic E-state index is 15.7. The van der Waals surface area contributed by atoms with E-state index in [1.165, 1.54) is 64.1 Å². The zero-order chi connectivity index (χ0) is 54.1. The molecule has 3 aromatic carbocycles. The lowest BCUT2D eigenvalue weighted by Gasteiger charge is -2.67. The Kier molecular flexibility index (Phi) is 15.6. The molecule has 11 atom stereocenters. The average Bonchev–Trinajstić information content (AvgIpc) is 3.34. The summed E-state index contributed by atoms with van der Waals surface area (Å²) in [6, 6.07) is 21.5. The number of aliphatic hydroxyl groups excluding tert-OH is 1. The van der Waals surface area contributed by atoms with Crippen LogP contribution in [-0.4, -0.2) is 125 Å². The van der Waals surface area contributed by atoms with Gasteiger partial charge >= 0.3 is 41.9 Å². The summed E-state index contributed by atoms with van der Waals surface area (Å²) in [6.45, 7) is 6.84. The van der Waals surface area contributed by atoms with Crippen molar-refractivity contribution in [2.45, 2.75) is 127 Å². The number of nitrogens with one attached hydrogen (secondary N) is 2. The summed E-state index contributed by atoms with van der Waals surface area (Å²) in [6.07, 6.45) is -17.8. The lowest BCUT2D eigenvalue weighted by atomic mass is 9.44. The summed E-state index contributed by atoms with van der Waals surface area (Å²) in [7, 11) is 0. The summed E-state index contributed by atoms with van der Waals surface area (Å²) >= 11 is 0. The van der Waals surface area contributed by atoms with Crippen LogP contribution in [0.4, 0.5) is 13.2 Å². The van der Waals surface area contributed by atoms with Crippen molar-refractivity contribution in [1.29, 1.82) is 0 Å². The zero-order valence-corrected chi connectivity index (χ0v) is 41.3. The molecule has 7 rings (SSSR count). The number of ether oxygens (including phenoxy) is 6. The Morgan fingerprint density at radius 3 is 1.99 bits per heavy atom. The van der Waals surface area contributed by atoms with Crippen LogP contribution in [-0.2, 0) is 57.2 Å². The molecule has 1 saturated heterocycles. The van der Waals surface area contributed by atoms with E-state index >= 15 is 9.59 Å². The smallest absolute Gasteiger partial charge is 0.455 e. The standard InChI is InChI=1S/C53H57F3N2O16/c1-28-34(71-47(66)41(72-37(62)23-16-24-57-48(67)53(54,55)56)39(31-17-10-7-11-18-31)58-45(64)32-19-12-8-13-20-32)26-52(68)44(73-46(65)33-21-14-9-15-22-33)42-50(6,35(61)25-36-51(42,27-69-36)74-30(3)60)43(63)40(70-29(2)59)38(28)49(52,4)5/h7-15,17-22,34-36,39-42,44,61,68H,16,23-27H2,1-6H3,(H,57,67)(H,58,64)/t34-,35-,36+,39-,40+,41+,42-,44-,50+,51-,52+/m0/s1. The molecule has 1 heterocycles. The second-order valence-corrected chi connectivity index (χ2v) is 19.7. The highest BCUT2D eigenvalue weighted by molar-refractivity contribution is 5.96. The highest BCUT2D eigenvalue weighted by Gasteiger charge is 2.78. The Hall–Kier alpha value is -6.97. The number of halogens is 3. The van der Waals surface area contributed by atoms with Crippen molar-refractivity contribution in [3.8, 4) is 0 Å². The van der Waals surface area contributed by atoms with E-state index in [4.69, 9.17) is 28.4 Å². The number of ketones is 1. The molecule has 0 aromatic heterocycles. The maximum Gasteiger partial charge on any atom is 0.471 e. The van der Waals surface area contributed by atoms with Crippen LogP contribution in [0, 0.1) is 16.7 Å². The molecule has 2 amide bonds. The first-order valence-corrected chi connectivity index (χ1v) is 23.8. The minimum Gasteiger partial charge on any atom is -0.455 e. The Morgan fingerprint density at radius 2 is 1.43 bits per heavy atom. The fraction of sp³-hybridized carbons (Fsp3) is 0.472. The number of alkyl halides is 3. The van der Waals surface area contributed by atoms with Crippen LogP contribution >= 0.6 is 0 Å². The molecule has 2 saturated carbocycles. The number of hydrogen-bond donors (Lipinski definition) is 4. The van der Waals surface area contributed by atoms with Gasteiger partial charge in [0.2, 0.25) is 6.10 Å². The maximum absolute atomic E-state index is 15.7. The normalized spacial score (nSPS) is 28.7. The SMILES string of the molecule is CC(=O)O[C@H]1C(=O)[C@@]2(C)[C@H]([C@H](OC(=O)c3ccccc3)[C@]3(O)C[C@H](OC(=O)[C@H](OC(=O)CCCNC(=O)C(F)(F)F)[C@@H](NC(=O)c4ccccc4)c4ccccc4)C(C)=C1C3(C)C)[C@]1(OC(C)=O)CO[C@@H]1C[C@@H]2O. The molecule has 0 spiro atoms. The molecule has 4 N–H and O–H groups in total. The molecule has 396 valence electrons. The van der Waals surface area contributed by atoms with E-state index in [0.29, 0.717) is 0 Å². The number of fused-ring (bicyclic) bond motifs is 5. The van der Waals surface area contributed by atoms with Crippen molar-refractivity contribution >= 4 is 47.4 Å². The molecule has 3 fully saturated rings. The molecular formula is C53H57F3N2O16. The topological polar surface area (TPSA) is 256 Å². The highest BCUT2D eigenvalue weighted by Crippen LogP contribution is 2.64. The van der Waals surface area contributed by atoms with Gasteiger partial charge in [0.1, 0.15) is 30.0 Å². The Labute approximate surface area is 423 Å². The number of carbonyl (C=O) groups excluding carboxylic acids is 8. The van der Waals surface area contributed by atoms with Crippen molar-refractivity contribution in [2.75, 3.05) is 13.2 Å². The summed E-state index contributed by atoms with van der Waals surface area (Å²) in [5.41, 5.74) is -8.20. The fourth-order valence-corrected chi connectivity index (χ4v) is 11.0. The lowest BCUT2D eigenvalue weighted by molar-refractivity contribution is -0.346. The van der Waals surface area contributed by atoms with Gasteiger partial charge in [0, 0.05) is 50.6 Å². The van der Waals surface area contributed by atoms with Gasteiger partial charge in [-0.05, 0) is 61.2 Å².